The molecule has 0 aromatic carbocycles. The molecule has 3 nitrogen and oxygen atoms in total. The molecule has 4 heteroatoms. The summed E-state index contributed by atoms with van der Waals surface area (Å²) >= 11 is 5.91. The lowest BCUT2D eigenvalue weighted by atomic mass is 9.81. The van der Waals surface area contributed by atoms with Crippen molar-refractivity contribution in [3.8, 4) is 0 Å². The first-order valence-corrected chi connectivity index (χ1v) is 4.89. The zero-order chi connectivity index (χ0) is 10.8. The molecule has 1 atom stereocenters. The number of amides is 1. The van der Waals surface area contributed by atoms with Crippen LogP contribution in [0.4, 0.5) is 4.79 Å². The molecule has 78 valence electrons. The third kappa shape index (κ3) is 2.29. The van der Waals surface area contributed by atoms with Gasteiger partial charge in [0.2, 0.25) is 0 Å². The van der Waals surface area contributed by atoms with E-state index >= 15 is 0 Å². The Bertz CT molecular complexity index is 292. The molecule has 0 saturated heterocycles. The number of halogens is 1. The summed E-state index contributed by atoms with van der Waals surface area (Å²) in [5.41, 5.74) is -0.558. The standard InChI is InChI=1S/C10H14ClNO2/c1-7(2)10(12-9(13)14)5-3-4-8(11)6-10/h3-5,7,12H,6H2,1-2H3,(H,13,14). The van der Waals surface area contributed by atoms with Gasteiger partial charge in [0.1, 0.15) is 0 Å². The number of carbonyl (C=O) groups is 1. The SMILES string of the molecule is CC(C)C1(NC(=O)O)C=CC=C(Cl)C1. The molecule has 14 heavy (non-hydrogen) atoms. The Kier molecular flexibility index (Phi) is 3.21. The largest absolute Gasteiger partial charge is 0.465 e. The van der Waals surface area contributed by atoms with Crippen molar-refractivity contribution in [1.82, 2.24) is 5.32 Å². The van der Waals surface area contributed by atoms with Crippen LogP contribution in [0.25, 0.3) is 0 Å². The van der Waals surface area contributed by atoms with Crippen LogP contribution in [0.15, 0.2) is 23.3 Å². The van der Waals surface area contributed by atoms with Gasteiger partial charge in [-0.1, -0.05) is 37.6 Å². The van der Waals surface area contributed by atoms with E-state index in [-0.39, 0.29) is 5.92 Å². The van der Waals surface area contributed by atoms with E-state index < -0.39 is 11.6 Å². The predicted octanol–water partition coefficient (Wildman–Crippen LogP) is 2.73. The number of hydrogen-bond donors (Lipinski definition) is 2. The van der Waals surface area contributed by atoms with Crippen molar-refractivity contribution in [3.05, 3.63) is 23.3 Å². The summed E-state index contributed by atoms with van der Waals surface area (Å²) < 4.78 is 0. The molecule has 1 unspecified atom stereocenters. The number of hydrogen-bond acceptors (Lipinski definition) is 1. The highest BCUT2D eigenvalue weighted by Gasteiger charge is 2.34. The van der Waals surface area contributed by atoms with E-state index in [0.29, 0.717) is 11.5 Å². The molecular formula is C10H14ClNO2. The van der Waals surface area contributed by atoms with Crippen molar-refractivity contribution in [2.75, 3.05) is 0 Å². The van der Waals surface area contributed by atoms with Crippen LogP contribution in [0.3, 0.4) is 0 Å². The summed E-state index contributed by atoms with van der Waals surface area (Å²) in [6, 6.07) is 0. The van der Waals surface area contributed by atoms with Gasteiger partial charge in [-0.2, -0.15) is 0 Å². The average Bonchev–Trinajstić information content (AvgIpc) is 2.02. The highest BCUT2D eigenvalue weighted by molar-refractivity contribution is 6.29. The number of allylic oxidation sites excluding steroid dienone is 2. The minimum absolute atomic E-state index is 0.164. The van der Waals surface area contributed by atoms with E-state index in [9.17, 15) is 4.79 Å². The fourth-order valence-electron chi connectivity index (χ4n) is 1.55. The van der Waals surface area contributed by atoms with Gasteiger partial charge < -0.3 is 10.4 Å². The monoisotopic (exact) mass is 215 g/mol. The molecule has 1 aliphatic rings. The lowest BCUT2D eigenvalue weighted by Crippen LogP contribution is -2.51. The molecule has 0 fully saturated rings. The highest BCUT2D eigenvalue weighted by atomic mass is 35.5. The second-order valence-electron chi connectivity index (χ2n) is 3.77. The van der Waals surface area contributed by atoms with Gasteiger partial charge in [0.25, 0.3) is 0 Å². The lowest BCUT2D eigenvalue weighted by Gasteiger charge is -2.36. The summed E-state index contributed by atoms with van der Waals surface area (Å²) in [6.45, 7) is 3.94. The van der Waals surface area contributed by atoms with Gasteiger partial charge in [0.05, 0.1) is 5.54 Å². The smallest absolute Gasteiger partial charge is 0.405 e. The fraction of sp³-hybridized carbons (Fsp3) is 0.500. The molecule has 0 spiro atoms. The van der Waals surface area contributed by atoms with Crippen LogP contribution in [0.5, 0.6) is 0 Å². The minimum atomic E-state index is -1.02. The van der Waals surface area contributed by atoms with Crippen molar-refractivity contribution in [2.45, 2.75) is 25.8 Å². The van der Waals surface area contributed by atoms with E-state index in [4.69, 9.17) is 16.7 Å². The highest BCUT2D eigenvalue weighted by Crippen LogP contribution is 2.31. The number of nitrogens with one attached hydrogen (secondary N) is 1. The third-order valence-corrected chi connectivity index (χ3v) is 2.76. The summed E-state index contributed by atoms with van der Waals surface area (Å²) in [4.78, 5) is 10.7. The molecule has 0 heterocycles. The Morgan fingerprint density at radius 2 is 2.36 bits per heavy atom. The molecule has 2 N–H and O–H groups in total. The summed E-state index contributed by atoms with van der Waals surface area (Å²) in [5, 5.41) is 12.0. The van der Waals surface area contributed by atoms with E-state index in [1.165, 1.54) is 0 Å². The van der Waals surface area contributed by atoms with Gasteiger partial charge in [-0.15, -0.1) is 0 Å². The Labute approximate surface area is 88.4 Å². The van der Waals surface area contributed by atoms with E-state index in [2.05, 4.69) is 5.32 Å². The molecule has 0 saturated carbocycles. The van der Waals surface area contributed by atoms with Crippen LogP contribution in [0, 0.1) is 5.92 Å². The fourth-order valence-corrected chi connectivity index (χ4v) is 1.84. The van der Waals surface area contributed by atoms with Gasteiger partial charge in [-0.05, 0) is 12.0 Å². The van der Waals surface area contributed by atoms with Crippen LogP contribution < -0.4 is 5.32 Å². The van der Waals surface area contributed by atoms with Crippen molar-refractivity contribution >= 4 is 17.7 Å². The quantitative estimate of drug-likeness (QED) is 0.744. The summed E-state index contributed by atoms with van der Waals surface area (Å²) in [6.07, 6.45) is 4.94. The molecule has 1 amide bonds. The Morgan fingerprint density at radius 3 is 2.79 bits per heavy atom. The van der Waals surface area contributed by atoms with Crippen LogP contribution in [-0.4, -0.2) is 16.7 Å². The van der Waals surface area contributed by atoms with Crippen molar-refractivity contribution < 1.29 is 9.90 Å². The van der Waals surface area contributed by atoms with E-state index in [0.717, 1.165) is 0 Å². The van der Waals surface area contributed by atoms with Gasteiger partial charge in [0, 0.05) is 11.5 Å². The maximum atomic E-state index is 10.7. The lowest BCUT2D eigenvalue weighted by molar-refractivity contribution is 0.175. The van der Waals surface area contributed by atoms with Crippen LogP contribution in [-0.2, 0) is 0 Å². The second kappa shape index (κ2) is 4.05. The molecule has 1 rings (SSSR count). The van der Waals surface area contributed by atoms with Crippen LogP contribution in [0.2, 0.25) is 0 Å². The van der Waals surface area contributed by atoms with Crippen LogP contribution >= 0.6 is 11.6 Å². The van der Waals surface area contributed by atoms with Gasteiger partial charge in [-0.25, -0.2) is 4.79 Å². The first kappa shape index (κ1) is 11.1. The molecule has 1 aliphatic carbocycles. The second-order valence-corrected chi connectivity index (χ2v) is 4.26. The number of rotatable bonds is 2. The van der Waals surface area contributed by atoms with Gasteiger partial charge in [0.15, 0.2) is 0 Å². The minimum Gasteiger partial charge on any atom is -0.465 e. The van der Waals surface area contributed by atoms with E-state index in [1.807, 2.05) is 19.9 Å². The Balaban J connectivity index is 2.90. The maximum Gasteiger partial charge on any atom is 0.405 e. The summed E-state index contributed by atoms with van der Waals surface area (Å²) in [7, 11) is 0. The molecule has 0 bridgehead atoms. The summed E-state index contributed by atoms with van der Waals surface area (Å²) in [5.74, 6) is 0.164. The Morgan fingerprint density at radius 1 is 1.71 bits per heavy atom. The predicted molar refractivity (Wildman–Crippen MR) is 56.4 cm³/mol. The molecule has 0 radical (unpaired) electrons. The molecule has 0 aromatic heterocycles. The van der Waals surface area contributed by atoms with Crippen LogP contribution in [0.1, 0.15) is 20.3 Å². The average molecular weight is 216 g/mol. The molecular weight excluding hydrogens is 202 g/mol. The van der Waals surface area contributed by atoms with Gasteiger partial charge >= 0.3 is 6.09 Å². The van der Waals surface area contributed by atoms with E-state index in [1.54, 1.807) is 12.2 Å². The zero-order valence-corrected chi connectivity index (χ0v) is 9.01. The van der Waals surface area contributed by atoms with Gasteiger partial charge in [-0.3, -0.25) is 0 Å². The van der Waals surface area contributed by atoms with Crippen molar-refractivity contribution in [2.24, 2.45) is 5.92 Å². The normalized spacial score (nSPS) is 26.1. The van der Waals surface area contributed by atoms with Crippen molar-refractivity contribution in [3.63, 3.8) is 0 Å². The molecule has 0 aliphatic heterocycles. The maximum absolute atomic E-state index is 10.7. The topological polar surface area (TPSA) is 49.3 Å². The number of carboxylic acid groups (broad SMARTS) is 1. The Hall–Kier alpha value is -0.960. The van der Waals surface area contributed by atoms with Crippen molar-refractivity contribution in [1.29, 1.82) is 0 Å². The molecule has 0 aromatic rings. The first-order chi connectivity index (χ1) is 6.46. The third-order valence-electron chi connectivity index (χ3n) is 2.50. The first-order valence-electron chi connectivity index (χ1n) is 4.51. The zero-order valence-electron chi connectivity index (χ0n) is 8.25.